The molecule has 1 fully saturated rings. The van der Waals surface area contributed by atoms with Gasteiger partial charge in [-0.3, -0.25) is 9.59 Å². The number of nitrogens with one attached hydrogen (secondary N) is 1. The Labute approximate surface area is 127 Å². The van der Waals surface area contributed by atoms with Crippen LogP contribution in [0.2, 0.25) is 0 Å². The number of fused-ring (bicyclic) bond motifs is 2. The van der Waals surface area contributed by atoms with Crippen molar-refractivity contribution in [2.45, 2.75) is 18.6 Å². The Kier molecular flexibility index (Phi) is 3.23. The number of carboxylic acids is 1. The summed E-state index contributed by atoms with van der Waals surface area (Å²) in [5.41, 5.74) is 0.104. The van der Waals surface area contributed by atoms with E-state index in [0.29, 0.717) is 11.3 Å². The van der Waals surface area contributed by atoms with Crippen molar-refractivity contribution in [1.82, 2.24) is 0 Å². The molecule has 0 unspecified atom stereocenters. The molecule has 1 aromatic carbocycles. The molecule has 2 bridgehead atoms. The van der Waals surface area contributed by atoms with Crippen LogP contribution < -0.4 is 5.32 Å². The Morgan fingerprint density at radius 3 is 2.64 bits per heavy atom. The molecule has 0 radical (unpaired) electrons. The predicted octanol–water partition coefficient (Wildman–Crippen LogP) is 1.54. The minimum absolute atomic E-state index is 0.397. The van der Waals surface area contributed by atoms with Crippen LogP contribution in [0, 0.1) is 23.2 Å². The molecule has 112 valence electrons. The average Bonchev–Trinajstić information content (AvgIpc) is 3.01. The predicted molar refractivity (Wildman–Crippen MR) is 76.8 cm³/mol. The third-order valence-corrected chi connectivity index (χ3v) is 4.19. The zero-order valence-corrected chi connectivity index (χ0v) is 11.8. The van der Waals surface area contributed by atoms with E-state index >= 15 is 0 Å². The van der Waals surface area contributed by atoms with Gasteiger partial charge in [-0.15, -0.1) is 0 Å². The van der Waals surface area contributed by atoms with E-state index in [1.165, 1.54) is 0 Å². The zero-order valence-electron chi connectivity index (χ0n) is 11.8. The summed E-state index contributed by atoms with van der Waals surface area (Å²) in [4.78, 5) is 24.0. The van der Waals surface area contributed by atoms with Gasteiger partial charge in [0.15, 0.2) is 0 Å². The summed E-state index contributed by atoms with van der Waals surface area (Å²) >= 11 is 0. The van der Waals surface area contributed by atoms with Crippen LogP contribution in [0.4, 0.5) is 5.69 Å². The molecule has 4 atom stereocenters. The van der Waals surface area contributed by atoms with Gasteiger partial charge < -0.3 is 15.2 Å². The van der Waals surface area contributed by atoms with Gasteiger partial charge in [-0.25, -0.2) is 0 Å². The topological polar surface area (TPSA) is 99.4 Å². The fraction of sp³-hybridized carbons (Fsp3) is 0.312. The number of nitrogens with zero attached hydrogens (tertiary/aromatic N) is 1. The van der Waals surface area contributed by atoms with Crippen LogP contribution in [-0.4, -0.2) is 28.7 Å². The number of aliphatic carboxylic acids is 1. The molecule has 1 saturated heterocycles. The van der Waals surface area contributed by atoms with E-state index in [1.54, 1.807) is 43.3 Å². The number of rotatable bonds is 3. The van der Waals surface area contributed by atoms with Crippen LogP contribution in [0.5, 0.6) is 0 Å². The minimum Gasteiger partial charge on any atom is -0.481 e. The summed E-state index contributed by atoms with van der Waals surface area (Å²) in [7, 11) is 0. The second-order valence-electron chi connectivity index (χ2n) is 5.65. The molecule has 0 aliphatic carbocycles. The van der Waals surface area contributed by atoms with Gasteiger partial charge in [0.05, 0.1) is 29.3 Å². The Morgan fingerprint density at radius 1 is 1.36 bits per heavy atom. The number of benzene rings is 1. The monoisotopic (exact) mass is 298 g/mol. The summed E-state index contributed by atoms with van der Waals surface area (Å²) < 4.78 is 5.65. The smallest absolute Gasteiger partial charge is 0.310 e. The molecule has 0 spiro atoms. The SMILES string of the molecule is C[C@@]12C=C[C@@H](O1)[C@@H](C(=O)O)[C@H]2C(=O)Nc1ccc(C#N)cc1. The van der Waals surface area contributed by atoms with Gasteiger partial charge in [-0.2, -0.15) is 5.26 Å². The maximum absolute atomic E-state index is 12.5. The third-order valence-electron chi connectivity index (χ3n) is 4.19. The molecule has 1 aromatic rings. The van der Waals surface area contributed by atoms with Crippen LogP contribution in [0.3, 0.4) is 0 Å². The van der Waals surface area contributed by atoms with E-state index in [2.05, 4.69) is 5.32 Å². The maximum atomic E-state index is 12.5. The van der Waals surface area contributed by atoms with Gasteiger partial charge in [0, 0.05) is 5.69 Å². The number of hydrogen-bond donors (Lipinski definition) is 2. The summed E-state index contributed by atoms with van der Waals surface area (Å²) in [6, 6.07) is 8.39. The molecule has 6 nitrogen and oxygen atoms in total. The summed E-state index contributed by atoms with van der Waals surface area (Å²) in [6.07, 6.45) is 2.88. The van der Waals surface area contributed by atoms with Crippen molar-refractivity contribution in [2.24, 2.45) is 11.8 Å². The molecular formula is C16H14N2O4. The maximum Gasteiger partial charge on any atom is 0.310 e. The van der Waals surface area contributed by atoms with Crippen molar-refractivity contribution in [3.05, 3.63) is 42.0 Å². The van der Waals surface area contributed by atoms with Crippen LogP contribution in [0.15, 0.2) is 36.4 Å². The molecule has 2 aliphatic rings. The van der Waals surface area contributed by atoms with Gasteiger partial charge >= 0.3 is 5.97 Å². The van der Waals surface area contributed by atoms with E-state index < -0.39 is 35.4 Å². The molecule has 1 amide bonds. The Bertz CT molecular complexity index is 704. The van der Waals surface area contributed by atoms with E-state index in [4.69, 9.17) is 10.00 Å². The number of ether oxygens (including phenoxy) is 1. The first-order chi connectivity index (χ1) is 10.4. The molecule has 2 aliphatic heterocycles. The highest BCUT2D eigenvalue weighted by Crippen LogP contribution is 2.47. The lowest BCUT2D eigenvalue weighted by Gasteiger charge is -2.27. The van der Waals surface area contributed by atoms with Crippen molar-refractivity contribution in [1.29, 1.82) is 5.26 Å². The minimum atomic E-state index is -1.04. The fourth-order valence-electron chi connectivity index (χ4n) is 3.13. The largest absolute Gasteiger partial charge is 0.481 e. The Balaban J connectivity index is 1.83. The van der Waals surface area contributed by atoms with Gasteiger partial charge in [0.25, 0.3) is 0 Å². The highest BCUT2D eigenvalue weighted by atomic mass is 16.5. The molecular weight excluding hydrogens is 284 g/mol. The average molecular weight is 298 g/mol. The molecule has 0 saturated carbocycles. The van der Waals surface area contributed by atoms with Gasteiger partial charge in [-0.05, 0) is 31.2 Å². The normalized spacial score (nSPS) is 31.7. The number of anilines is 1. The van der Waals surface area contributed by atoms with Crippen LogP contribution in [0.25, 0.3) is 0 Å². The summed E-state index contributed by atoms with van der Waals surface area (Å²) in [5, 5.41) is 20.8. The summed E-state index contributed by atoms with van der Waals surface area (Å²) in [6.45, 7) is 1.72. The van der Waals surface area contributed by atoms with Crippen molar-refractivity contribution >= 4 is 17.6 Å². The van der Waals surface area contributed by atoms with Crippen LogP contribution in [0.1, 0.15) is 12.5 Å². The Hall–Kier alpha value is -2.65. The van der Waals surface area contributed by atoms with Crippen LogP contribution >= 0.6 is 0 Å². The fourth-order valence-corrected chi connectivity index (χ4v) is 3.13. The lowest BCUT2D eigenvalue weighted by molar-refractivity contribution is -0.146. The second kappa shape index (κ2) is 4.97. The Morgan fingerprint density at radius 2 is 2.05 bits per heavy atom. The van der Waals surface area contributed by atoms with Crippen LogP contribution in [-0.2, 0) is 14.3 Å². The molecule has 22 heavy (non-hydrogen) atoms. The quantitative estimate of drug-likeness (QED) is 0.825. The van der Waals surface area contributed by atoms with Gasteiger partial charge in [-0.1, -0.05) is 12.2 Å². The molecule has 6 heteroatoms. The molecule has 3 rings (SSSR count). The van der Waals surface area contributed by atoms with E-state index in [9.17, 15) is 14.7 Å². The first kappa shape index (κ1) is 14.3. The van der Waals surface area contributed by atoms with E-state index in [1.807, 2.05) is 6.07 Å². The van der Waals surface area contributed by atoms with E-state index in [-0.39, 0.29) is 0 Å². The lowest BCUT2D eigenvalue weighted by atomic mass is 9.75. The second-order valence-corrected chi connectivity index (χ2v) is 5.65. The van der Waals surface area contributed by atoms with Crippen molar-refractivity contribution < 1.29 is 19.4 Å². The number of hydrogen-bond acceptors (Lipinski definition) is 4. The number of carbonyl (C=O) groups is 2. The first-order valence-electron chi connectivity index (χ1n) is 6.85. The number of amides is 1. The highest BCUT2D eigenvalue weighted by Gasteiger charge is 2.59. The summed E-state index contributed by atoms with van der Waals surface area (Å²) in [5.74, 6) is -3.13. The van der Waals surface area contributed by atoms with Gasteiger partial charge in [0.1, 0.15) is 5.92 Å². The molecule has 2 N–H and O–H groups in total. The first-order valence-corrected chi connectivity index (χ1v) is 6.85. The number of nitriles is 1. The lowest BCUT2D eigenvalue weighted by Crippen LogP contribution is -2.44. The molecule has 0 aromatic heterocycles. The number of carboxylic acid groups (broad SMARTS) is 1. The third kappa shape index (κ3) is 2.16. The zero-order chi connectivity index (χ0) is 15.9. The van der Waals surface area contributed by atoms with Gasteiger partial charge in [0.2, 0.25) is 5.91 Å². The molecule has 2 heterocycles. The van der Waals surface area contributed by atoms with E-state index in [0.717, 1.165) is 0 Å². The van der Waals surface area contributed by atoms with Crippen molar-refractivity contribution in [2.75, 3.05) is 5.32 Å². The number of carbonyl (C=O) groups excluding carboxylic acids is 1. The standard InChI is InChI=1S/C16H14N2O4/c1-16-7-6-11(22-16)12(15(20)21)13(16)14(19)18-10-4-2-9(8-17)3-5-10/h2-7,11-13H,1H3,(H,18,19)(H,20,21)/t11-,12-,13+,16+/m1/s1. The van der Waals surface area contributed by atoms with Crippen molar-refractivity contribution in [3.63, 3.8) is 0 Å². The highest BCUT2D eigenvalue weighted by molar-refractivity contribution is 5.97. The van der Waals surface area contributed by atoms with Crippen molar-refractivity contribution in [3.8, 4) is 6.07 Å².